The molecule has 0 amide bonds. The molecular weight excluding hydrogens is 973 g/mol. The molecule has 0 radical (unpaired) electrons. The molecule has 2 unspecified atom stereocenters. The number of nitrogens with two attached hydrogens (primary N) is 1. The molecule has 0 saturated carbocycles. The molecule has 2 heterocycles. The van der Waals surface area contributed by atoms with E-state index in [1.807, 2.05) is 42.5 Å². The number of unbranched alkanes of at least 4 members (excludes halogenated alkanes) is 14. The number of aliphatic hydroxyl groups excluding tert-OH is 3. The lowest BCUT2D eigenvalue weighted by Crippen LogP contribution is -2.36. The number of aromatic nitrogens is 2. The number of hydrogen-bond donors (Lipinski definition) is 6. The van der Waals surface area contributed by atoms with Gasteiger partial charge in [0, 0.05) is 19.0 Å². The second kappa shape index (κ2) is 38.3. The van der Waals surface area contributed by atoms with E-state index in [-0.39, 0.29) is 18.7 Å². The average Bonchev–Trinajstić information content (AvgIpc) is 3.60. The first-order chi connectivity index (χ1) is 34.4. The van der Waals surface area contributed by atoms with Gasteiger partial charge in [0.05, 0.1) is 19.3 Å². The Morgan fingerprint density at radius 2 is 1.31 bits per heavy atom. The number of carbonyl (C=O) groups is 2. The van der Waals surface area contributed by atoms with Crippen LogP contribution in [0.25, 0.3) is 0 Å². The summed E-state index contributed by atoms with van der Waals surface area (Å²) in [4.78, 5) is 61.9. The van der Waals surface area contributed by atoms with E-state index < -0.39 is 89.8 Å². The molecule has 1 aromatic rings. The van der Waals surface area contributed by atoms with Crippen LogP contribution < -0.4 is 11.4 Å². The third kappa shape index (κ3) is 31.4. The standard InChI is InChI=1S/C51H87N3O16P2/c1-4-5-32-42(55)33-28-24-20-16-12-9-10-14-18-22-26-30-35-47(57)68-43(38-65-46(56)34-29-25-21-17-13-8-6-7-11-15-19-23-27-31-41(2)3)39-66-71(61,62)70-72(63,64)67-40-44-48(58)49(59)50(69-44)54-37-36-45(52)53-51(54)60/h9-10,16,18,20,22,28,33,36-37,41-44,48-50,55,58-59H,4-8,11-15,17,19,21,23-27,29-32,34-35,38-40H2,1-3H3,(H,61,62)(H,63,64)(H2,52,53,60)/b10-9-,20-16-,22-18-,33-28-/t42-,43-,44-,48-,49-,50-/m1/s1. The number of aliphatic hydroxyl groups is 3. The topological polar surface area (TPSA) is 286 Å². The molecule has 1 aliphatic rings. The van der Waals surface area contributed by atoms with Crippen LogP contribution in [-0.2, 0) is 46.3 Å². The van der Waals surface area contributed by atoms with Gasteiger partial charge in [-0.3, -0.25) is 23.2 Å². The fraction of sp³-hybridized carbons (Fsp3) is 0.725. The van der Waals surface area contributed by atoms with Crippen LogP contribution in [0.1, 0.15) is 181 Å². The molecule has 412 valence electrons. The number of hydrogen-bond acceptors (Lipinski definition) is 16. The van der Waals surface area contributed by atoms with Crippen molar-refractivity contribution in [3.63, 3.8) is 0 Å². The first kappa shape index (κ1) is 64.8. The lowest BCUT2D eigenvalue weighted by Gasteiger charge is -2.21. The van der Waals surface area contributed by atoms with Crippen molar-refractivity contribution in [1.29, 1.82) is 0 Å². The second-order valence-corrected chi connectivity index (χ2v) is 21.7. The van der Waals surface area contributed by atoms with Gasteiger partial charge in [-0.15, -0.1) is 0 Å². The SMILES string of the molecule is CCCC[C@@H](O)/C=C\C/C=C\C/C=C\C/C=C\CCCC(=O)O[C@H](COC(=O)CCCCCCCCCCCCCCCC(C)C)COP(=O)(O)OP(=O)(O)OC[C@H]1O[C@@H](n2ccc(N)nc2=O)[C@H](O)[C@@H]1O. The van der Waals surface area contributed by atoms with Crippen LogP contribution >= 0.6 is 15.6 Å². The molecule has 1 aliphatic heterocycles. The molecular formula is C51H87N3O16P2. The smallest absolute Gasteiger partial charge is 0.462 e. The van der Waals surface area contributed by atoms with Crippen LogP contribution in [0.15, 0.2) is 65.7 Å². The second-order valence-electron chi connectivity index (χ2n) is 18.7. The van der Waals surface area contributed by atoms with Gasteiger partial charge in [-0.2, -0.15) is 9.29 Å². The van der Waals surface area contributed by atoms with Crippen molar-refractivity contribution in [2.75, 3.05) is 25.6 Å². The molecule has 1 fully saturated rings. The summed E-state index contributed by atoms with van der Waals surface area (Å²) in [6.07, 6.45) is 31.1. The number of phosphoric acid groups is 2. The molecule has 19 nitrogen and oxygen atoms in total. The lowest BCUT2D eigenvalue weighted by atomic mass is 10.0. The van der Waals surface area contributed by atoms with E-state index in [9.17, 15) is 48.6 Å². The molecule has 1 aromatic heterocycles. The first-order valence-corrected chi connectivity index (χ1v) is 29.1. The number of nitrogen functional groups attached to an aromatic ring is 1. The molecule has 2 rings (SSSR count). The minimum atomic E-state index is -5.44. The summed E-state index contributed by atoms with van der Waals surface area (Å²) >= 11 is 0. The van der Waals surface area contributed by atoms with E-state index in [0.29, 0.717) is 25.7 Å². The highest BCUT2D eigenvalue weighted by molar-refractivity contribution is 7.61. The van der Waals surface area contributed by atoms with E-state index in [1.165, 1.54) is 63.9 Å². The lowest BCUT2D eigenvalue weighted by molar-refractivity contribution is -0.161. The van der Waals surface area contributed by atoms with Gasteiger partial charge in [0.1, 0.15) is 30.7 Å². The predicted molar refractivity (Wildman–Crippen MR) is 276 cm³/mol. The van der Waals surface area contributed by atoms with E-state index >= 15 is 0 Å². The van der Waals surface area contributed by atoms with Crippen LogP contribution in [0, 0.1) is 5.92 Å². The number of ether oxygens (including phenoxy) is 3. The summed E-state index contributed by atoms with van der Waals surface area (Å²) in [6.45, 7) is 4.26. The zero-order chi connectivity index (χ0) is 53.0. The average molecular weight is 1060 g/mol. The minimum absolute atomic E-state index is 0.0425. The van der Waals surface area contributed by atoms with Gasteiger partial charge in [-0.25, -0.2) is 13.9 Å². The maximum atomic E-state index is 12.9. The van der Waals surface area contributed by atoms with E-state index in [0.717, 1.165) is 74.5 Å². The molecule has 72 heavy (non-hydrogen) atoms. The van der Waals surface area contributed by atoms with E-state index in [2.05, 4.69) is 36.1 Å². The fourth-order valence-electron chi connectivity index (χ4n) is 7.57. The van der Waals surface area contributed by atoms with Crippen molar-refractivity contribution >= 4 is 33.4 Å². The summed E-state index contributed by atoms with van der Waals surface area (Å²) < 4.78 is 56.7. The summed E-state index contributed by atoms with van der Waals surface area (Å²) in [7, 11) is -10.9. The zero-order valence-electron chi connectivity index (χ0n) is 43.0. The molecule has 0 bridgehead atoms. The quantitative estimate of drug-likeness (QED) is 0.0154. The number of esters is 2. The minimum Gasteiger partial charge on any atom is -0.462 e. The maximum Gasteiger partial charge on any atom is 0.481 e. The highest BCUT2D eigenvalue weighted by atomic mass is 31.3. The molecule has 8 atom stereocenters. The summed E-state index contributed by atoms with van der Waals surface area (Å²) in [5.41, 5.74) is 4.58. The summed E-state index contributed by atoms with van der Waals surface area (Å²) in [5, 5.41) is 30.8. The monoisotopic (exact) mass is 1060 g/mol. The van der Waals surface area contributed by atoms with Crippen LogP contribution in [0.4, 0.5) is 5.82 Å². The van der Waals surface area contributed by atoms with Crippen molar-refractivity contribution in [3.05, 3.63) is 71.4 Å². The molecule has 7 N–H and O–H groups in total. The predicted octanol–water partition coefficient (Wildman–Crippen LogP) is 9.77. The van der Waals surface area contributed by atoms with E-state index in [4.69, 9.17) is 29.0 Å². The van der Waals surface area contributed by atoms with Gasteiger partial charge < -0.3 is 45.1 Å². The normalized spacial score (nSPS) is 20.0. The van der Waals surface area contributed by atoms with E-state index in [1.54, 1.807) is 0 Å². The molecule has 1 saturated heterocycles. The number of carbonyl (C=O) groups excluding carboxylic acids is 2. The number of rotatable bonds is 42. The Bertz CT molecular complexity index is 1930. The summed E-state index contributed by atoms with van der Waals surface area (Å²) in [6, 6.07) is 1.24. The fourth-order valence-corrected chi connectivity index (χ4v) is 9.68. The highest BCUT2D eigenvalue weighted by Crippen LogP contribution is 2.60. The third-order valence-corrected chi connectivity index (χ3v) is 14.3. The van der Waals surface area contributed by atoms with Crippen molar-refractivity contribution in [3.8, 4) is 0 Å². The van der Waals surface area contributed by atoms with Crippen molar-refractivity contribution in [2.24, 2.45) is 5.92 Å². The Morgan fingerprint density at radius 3 is 1.90 bits per heavy atom. The van der Waals surface area contributed by atoms with Gasteiger partial charge in [0.25, 0.3) is 0 Å². The zero-order valence-corrected chi connectivity index (χ0v) is 44.8. The summed E-state index contributed by atoms with van der Waals surface area (Å²) in [5.74, 6) is -0.604. The number of anilines is 1. The largest absolute Gasteiger partial charge is 0.481 e. The van der Waals surface area contributed by atoms with Gasteiger partial charge in [0.2, 0.25) is 0 Å². The highest BCUT2D eigenvalue weighted by Gasteiger charge is 2.46. The molecule has 0 spiro atoms. The Labute approximate surface area is 427 Å². The van der Waals surface area contributed by atoms with Crippen LogP contribution in [-0.4, -0.2) is 96.9 Å². The van der Waals surface area contributed by atoms with Gasteiger partial charge in [0.15, 0.2) is 12.3 Å². The number of phosphoric ester groups is 2. The van der Waals surface area contributed by atoms with Crippen molar-refractivity contribution < 1.29 is 71.4 Å². The van der Waals surface area contributed by atoms with Crippen molar-refractivity contribution in [2.45, 2.75) is 212 Å². The number of nitrogens with zero attached hydrogens (tertiary/aromatic N) is 2. The van der Waals surface area contributed by atoms with Gasteiger partial charge in [-0.1, -0.05) is 166 Å². The Morgan fingerprint density at radius 1 is 0.750 bits per heavy atom. The molecule has 0 aliphatic carbocycles. The molecule has 0 aromatic carbocycles. The van der Waals surface area contributed by atoms with Gasteiger partial charge >= 0.3 is 33.3 Å². The Kier molecular flexibility index (Phi) is 34.4. The third-order valence-electron chi connectivity index (χ3n) is 11.7. The van der Waals surface area contributed by atoms with Gasteiger partial charge in [-0.05, 0) is 56.9 Å². The van der Waals surface area contributed by atoms with Crippen LogP contribution in [0.3, 0.4) is 0 Å². The maximum absolute atomic E-state index is 12.9. The first-order valence-electron chi connectivity index (χ1n) is 26.1. The number of allylic oxidation sites excluding steroid dienone is 7. The Hall–Kier alpha value is -3.32. The van der Waals surface area contributed by atoms with Crippen molar-refractivity contribution in [1.82, 2.24) is 9.55 Å². The molecule has 21 heteroatoms. The van der Waals surface area contributed by atoms with Crippen LogP contribution in [0.5, 0.6) is 0 Å². The van der Waals surface area contributed by atoms with Crippen LogP contribution in [0.2, 0.25) is 0 Å². The Balaban J connectivity index is 1.82.